The largest absolute Gasteiger partial charge is 0.324 e. The van der Waals surface area contributed by atoms with Crippen LogP contribution in [0.25, 0.3) is 5.69 Å². The Hall–Kier alpha value is -1.32. The summed E-state index contributed by atoms with van der Waals surface area (Å²) in [5, 5.41) is 4.60. The highest BCUT2D eigenvalue weighted by Gasteiger charge is 2.22. The summed E-state index contributed by atoms with van der Waals surface area (Å²) in [5.41, 5.74) is 11.4. The molecular weight excluding hydrogens is 306 g/mol. The van der Waals surface area contributed by atoms with Gasteiger partial charge in [0.25, 0.3) is 0 Å². The summed E-state index contributed by atoms with van der Waals surface area (Å²) >= 11 is 0. The SMILES string of the molecule is Cl.NC1CCCc2c1cnn2-c1ccc(C2CCCCC2)cc1. The number of hydrogen-bond donors (Lipinski definition) is 1. The van der Waals surface area contributed by atoms with Crippen molar-refractivity contribution in [1.82, 2.24) is 9.78 Å². The second kappa shape index (κ2) is 7.06. The van der Waals surface area contributed by atoms with Crippen LogP contribution in [0.5, 0.6) is 0 Å². The highest BCUT2D eigenvalue weighted by Crippen LogP contribution is 2.33. The summed E-state index contributed by atoms with van der Waals surface area (Å²) in [4.78, 5) is 0. The van der Waals surface area contributed by atoms with E-state index in [9.17, 15) is 0 Å². The van der Waals surface area contributed by atoms with Crippen molar-refractivity contribution in [2.75, 3.05) is 0 Å². The maximum atomic E-state index is 6.21. The van der Waals surface area contributed by atoms with Crippen LogP contribution < -0.4 is 5.73 Å². The van der Waals surface area contributed by atoms with Gasteiger partial charge >= 0.3 is 0 Å². The van der Waals surface area contributed by atoms with Crippen molar-refractivity contribution in [3.63, 3.8) is 0 Å². The van der Waals surface area contributed by atoms with E-state index < -0.39 is 0 Å². The minimum atomic E-state index is 0. The van der Waals surface area contributed by atoms with E-state index in [1.54, 1.807) is 0 Å². The molecule has 1 heterocycles. The number of fused-ring (bicyclic) bond motifs is 1. The van der Waals surface area contributed by atoms with E-state index in [-0.39, 0.29) is 18.4 Å². The van der Waals surface area contributed by atoms with E-state index in [4.69, 9.17) is 5.73 Å². The molecule has 3 nitrogen and oxygen atoms in total. The lowest BCUT2D eigenvalue weighted by Crippen LogP contribution is -2.18. The lowest BCUT2D eigenvalue weighted by Gasteiger charge is -2.22. The lowest BCUT2D eigenvalue weighted by atomic mass is 9.84. The Morgan fingerprint density at radius 2 is 1.70 bits per heavy atom. The molecule has 2 aromatic rings. The molecule has 2 aliphatic rings. The summed E-state index contributed by atoms with van der Waals surface area (Å²) < 4.78 is 2.10. The first-order chi connectivity index (χ1) is 10.8. The number of rotatable bonds is 2. The quantitative estimate of drug-likeness (QED) is 0.868. The lowest BCUT2D eigenvalue weighted by molar-refractivity contribution is 0.443. The zero-order valence-electron chi connectivity index (χ0n) is 13.6. The monoisotopic (exact) mass is 331 g/mol. The Bertz CT molecular complexity index is 641. The van der Waals surface area contributed by atoms with Gasteiger partial charge in [-0.15, -0.1) is 12.4 Å². The van der Waals surface area contributed by atoms with E-state index in [0.717, 1.165) is 18.8 Å². The highest BCUT2D eigenvalue weighted by atomic mass is 35.5. The first-order valence-electron chi connectivity index (χ1n) is 8.75. The molecule has 1 atom stereocenters. The van der Waals surface area contributed by atoms with Crippen molar-refractivity contribution in [3.05, 3.63) is 47.3 Å². The third-order valence-corrected chi connectivity index (χ3v) is 5.44. The molecule has 4 heteroatoms. The van der Waals surface area contributed by atoms with Gasteiger partial charge in [0.05, 0.1) is 11.9 Å². The van der Waals surface area contributed by atoms with E-state index in [2.05, 4.69) is 34.0 Å². The van der Waals surface area contributed by atoms with Gasteiger partial charge < -0.3 is 5.73 Å². The highest BCUT2D eigenvalue weighted by molar-refractivity contribution is 5.85. The fourth-order valence-electron chi connectivity index (χ4n) is 4.14. The average Bonchev–Trinajstić information content (AvgIpc) is 3.01. The van der Waals surface area contributed by atoms with Crippen molar-refractivity contribution in [1.29, 1.82) is 0 Å². The van der Waals surface area contributed by atoms with Crippen LogP contribution in [-0.2, 0) is 6.42 Å². The normalized spacial score (nSPS) is 21.5. The Labute approximate surface area is 144 Å². The van der Waals surface area contributed by atoms with E-state index in [1.807, 2.05) is 6.20 Å². The summed E-state index contributed by atoms with van der Waals surface area (Å²) in [6.07, 6.45) is 12.2. The Morgan fingerprint density at radius 1 is 0.957 bits per heavy atom. The van der Waals surface area contributed by atoms with Gasteiger partial charge in [0, 0.05) is 17.3 Å². The number of nitrogens with zero attached hydrogens (tertiary/aromatic N) is 2. The van der Waals surface area contributed by atoms with Crippen LogP contribution in [0.4, 0.5) is 0 Å². The minimum Gasteiger partial charge on any atom is -0.324 e. The van der Waals surface area contributed by atoms with Crippen LogP contribution in [0, 0.1) is 0 Å². The molecule has 0 aliphatic heterocycles. The van der Waals surface area contributed by atoms with Crippen molar-refractivity contribution in [2.45, 2.75) is 63.3 Å². The summed E-state index contributed by atoms with van der Waals surface area (Å²) in [7, 11) is 0. The van der Waals surface area contributed by atoms with Gasteiger partial charge in [-0.1, -0.05) is 31.4 Å². The molecule has 124 valence electrons. The van der Waals surface area contributed by atoms with Gasteiger partial charge in [0.15, 0.2) is 0 Å². The van der Waals surface area contributed by atoms with Crippen LogP contribution in [0.1, 0.15) is 73.7 Å². The zero-order valence-corrected chi connectivity index (χ0v) is 14.4. The van der Waals surface area contributed by atoms with Crippen LogP contribution in [0.3, 0.4) is 0 Å². The van der Waals surface area contributed by atoms with Crippen LogP contribution in [-0.4, -0.2) is 9.78 Å². The first kappa shape index (κ1) is 16.5. The van der Waals surface area contributed by atoms with Gasteiger partial charge in [-0.2, -0.15) is 5.10 Å². The Kier molecular flexibility index (Phi) is 5.08. The molecule has 0 amide bonds. The van der Waals surface area contributed by atoms with E-state index >= 15 is 0 Å². The molecule has 4 rings (SSSR count). The fraction of sp³-hybridized carbons (Fsp3) is 0.526. The van der Waals surface area contributed by atoms with Gasteiger partial charge in [0.1, 0.15) is 0 Å². The Morgan fingerprint density at radius 3 is 2.43 bits per heavy atom. The summed E-state index contributed by atoms with van der Waals surface area (Å²) in [5.74, 6) is 0.766. The Balaban J connectivity index is 0.00000156. The van der Waals surface area contributed by atoms with Crippen molar-refractivity contribution >= 4 is 12.4 Å². The first-order valence-corrected chi connectivity index (χ1v) is 8.75. The van der Waals surface area contributed by atoms with Crippen molar-refractivity contribution in [2.24, 2.45) is 5.73 Å². The molecule has 0 saturated heterocycles. The predicted molar refractivity (Wildman–Crippen MR) is 96.5 cm³/mol. The number of halogens is 1. The van der Waals surface area contributed by atoms with Crippen LogP contribution in [0.2, 0.25) is 0 Å². The molecule has 1 unspecified atom stereocenters. The van der Waals surface area contributed by atoms with Crippen molar-refractivity contribution in [3.8, 4) is 5.69 Å². The molecule has 0 bridgehead atoms. The standard InChI is InChI=1S/C19H25N3.ClH/c20-18-7-4-8-19-17(18)13-21-22(19)16-11-9-15(10-12-16)14-5-2-1-3-6-14;/h9-14,18H,1-8,20H2;1H. The summed E-state index contributed by atoms with van der Waals surface area (Å²) in [6, 6.07) is 9.25. The fourth-order valence-corrected chi connectivity index (χ4v) is 4.14. The molecule has 1 aromatic carbocycles. The minimum absolute atomic E-state index is 0. The van der Waals surface area contributed by atoms with E-state index in [1.165, 1.54) is 61.0 Å². The zero-order chi connectivity index (χ0) is 14.9. The second-order valence-electron chi connectivity index (χ2n) is 6.88. The number of aromatic nitrogens is 2. The molecule has 2 aliphatic carbocycles. The molecule has 23 heavy (non-hydrogen) atoms. The molecule has 2 N–H and O–H groups in total. The summed E-state index contributed by atoms with van der Waals surface area (Å²) in [6.45, 7) is 0. The van der Waals surface area contributed by atoms with Gasteiger partial charge in [-0.3, -0.25) is 0 Å². The molecule has 1 fully saturated rings. The average molecular weight is 332 g/mol. The van der Waals surface area contributed by atoms with Crippen LogP contribution in [0.15, 0.2) is 30.5 Å². The smallest absolute Gasteiger partial charge is 0.0649 e. The maximum Gasteiger partial charge on any atom is 0.0649 e. The second-order valence-corrected chi connectivity index (χ2v) is 6.88. The topological polar surface area (TPSA) is 43.8 Å². The molecule has 1 saturated carbocycles. The van der Waals surface area contributed by atoms with Gasteiger partial charge in [-0.05, 0) is 55.7 Å². The number of benzene rings is 1. The number of hydrogen-bond acceptors (Lipinski definition) is 2. The van der Waals surface area contributed by atoms with Crippen molar-refractivity contribution < 1.29 is 0 Å². The van der Waals surface area contributed by atoms with Crippen LogP contribution >= 0.6 is 12.4 Å². The van der Waals surface area contributed by atoms with E-state index in [0.29, 0.717) is 0 Å². The van der Waals surface area contributed by atoms with Gasteiger partial charge in [-0.25, -0.2) is 4.68 Å². The molecule has 0 spiro atoms. The molecule has 0 radical (unpaired) electrons. The maximum absolute atomic E-state index is 6.21. The third kappa shape index (κ3) is 3.17. The number of nitrogens with two attached hydrogens (primary N) is 1. The third-order valence-electron chi connectivity index (χ3n) is 5.44. The predicted octanol–water partition coefficient (Wildman–Crippen LogP) is 4.68. The van der Waals surface area contributed by atoms with Gasteiger partial charge in [0.2, 0.25) is 0 Å². The molecule has 1 aromatic heterocycles. The molecular formula is C19H26ClN3.